The van der Waals surface area contributed by atoms with Crippen molar-refractivity contribution >= 4 is 45.2 Å². The van der Waals surface area contributed by atoms with E-state index in [2.05, 4.69) is 88.4 Å². The quantitative estimate of drug-likeness (QED) is 0.161. The first-order chi connectivity index (χ1) is 26.1. The van der Waals surface area contributed by atoms with Crippen molar-refractivity contribution in [2.75, 3.05) is 13.1 Å². The molecule has 0 saturated carbocycles. The van der Waals surface area contributed by atoms with Gasteiger partial charge in [0.25, 0.3) is 23.6 Å². The molecule has 2 aliphatic heterocycles. The number of carbonyl (C=O) groups is 4. The van der Waals surface area contributed by atoms with Gasteiger partial charge < -0.3 is 0 Å². The number of benzene rings is 6. The monoisotopic (exact) mass is 718 g/mol. The molecule has 276 valence electrons. The zero-order valence-electron chi connectivity index (χ0n) is 32.2. The van der Waals surface area contributed by atoms with Gasteiger partial charge in [0.1, 0.15) is 0 Å². The standard InChI is InChI=1S/2C14H11NO2.2C10H14/c1-2-15-13(16)10-7-3-5-9-6-4-8-11(12(9)10)14(15)17;1-2-15-13(16)11-7-9-5-3-4-6-10(9)8-12(11)14(15)17;2*1-3-9(2)10-7-5-4-6-8-10/h2*3-8H,2H2,1H3;2*4-9H,3H2,1-2H3. The average Bonchev–Trinajstić information content (AvgIpc) is 3.46. The van der Waals surface area contributed by atoms with Crippen molar-refractivity contribution in [1.29, 1.82) is 0 Å². The van der Waals surface area contributed by atoms with E-state index < -0.39 is 0 Å². The number of fused-ring (bicyclic) bond motifs is 2. The van der Waals surface area contributed by atoms with E-state index in [-0.39, 0.29) is 23.6 Å². The maximum atomic E-state index is 12.1. The van der Waals surface area contributed by atoms with E-state index in [0.29, 0.717) is 47.2 Å². The number of carbonyl (C=O) groups excluding carboxylic acids is 4. The van der Waals surface area contributed by atoms with Gasteiger partial charge in [0.2, 0.25) is 0 Å². The molecule has 0 N–H and O–H groups in total. The first-order valence-corrected chi connectivity index (χ1v) is 19.0. The number of rotatable bonds is 6. The second kappa shape index (κ2) is 18.2. The zero-order chi connectivity index (χ0) is 38.8. The van der Waals surface area contributed by atoms with Crippen LogP contribution in [0.5, 0.6) is 0 Å². The molecule has 0 saturated heterocycles. The number of amides is 4. The lowest BCUT2D eigenvalue weighted by molar-refractivity contribution is 0.0614. The van der Waals surface area contributed by atoms with Crippen LogP contribution in [0.3, 0.4) is 0 Å². The Hall–Kier alpha value is -5.88. The van der Waals surface area contributed by atoms with Crippen LogP contribution in [0.2, 0.25) is 0 Å². The molecule has 6 aromatic carbocycles. The molecule has 6 nitrogen and oxygen atoms in total. The summed E-state index contributed by atoms with van der Waals surface area (Å²) in [6.45, 7) is 13.4. The van der Waals surface area contributed by atoms with Gasteiger partial charge in [-0.05, 0) is 90.1 Å². The molecule has 2 atom stereocenters. The van der Waals surface area contributed by atoms with E-state index in [4.69, 9.17) is 0 Å². The summed E-state index contributed by atoms with van der Waals surface area (Å²) < 4.78 is 0. The molecule has 0 aliphatic carbocycles. The Morgan fingerprint density at radius 3 is 1.09 bits per heavy atom. The molecular formula is C48H50N2O4. The summed E-state index contributed by atoms with van der Waals surface area (Å²) in [4.78, 5) is 50.8. The van der Waals surface area contributed by atoms with Gasteiger partial charge in [-0.3, -0.25) is 29.0 Å². The summed E-state index contributed by atoms with van der Waals surface area (Å²) in [5.41, 5.74) is 5.19. The molecular weight excluding hydrogens is 669 g/mol. The number of hydrogen-bond donors (Lipinski definition) is 0. The average molecular weight is 719 g/mol. The topological polar surface area (TPSA) is 74.8 Å². The second-order valence-electron chi connectivity index (χ2n) is 13.6. The van der Waals surface area contributed by atoms with Crippen LogP contribution in [-0.2, 0) is 0 Å². The minimum absolute atomic E-state index is 0.182. The van der Waals surface area contributed by atoms with E-state index >= 15 is 0 Å². The van der Waals surface area contributed by atoms with Crippen molar-refractivity contribution in [3.63, 3.8) is 0 Å². The summed E-state index contributed by atoms with van der Waals surface area (Å²) >= 11 is 0. The third-order valence-electron chi connectivity index (χ3n) is 10.3. The van der Waals surface area contributed by atoms with Crippen molar-refractivity contribution in [1.82, 2.24) is 9.80 Å². The highest BCUT2D eigenvalue weighted by molar-refractivity contribution is 6.25. The summed E-state index contributed by atoms with van der Waals surface area (Å²) in [5, 5.41) is 3.71. The van der Waals surface area contributed by atoms with Crippen LogP contribution < -0.4 is 0 Å². The van der Waals surface area contributed by atoms with Crippen LogP contribution >= 0.6 is 0 Å². The molecule has 6 heteroatoms. The number of nitrogens with zero attached hydrogens (tertiary/aromatic N) is 2. The molecule has 8 rings (SSSR count). The fraction of sp³-hybridized carbons (Fsp3) is 0.250. The van der Waals surface area contributed by atoms with Gasteiger partial charge in [0.05, 0.1) is 11.1 Å². The van der Waals surface area contributed by atoms with E-state index in [1.54, 1.807) is 31.2 Å². The lowest BCUT2D eigenvalue weighted by atomic mass is 9.94. The lowest BCUT2D eigenvalue weighted by Gasteiger charge is -2.25. The maximum absolute atomic E-state index is 12.1. The molecule has 2 heterocycles. The van der Waals surface area contributed by atoms with Gasteiger partial charge in [0, 0.05) is 29.6 Å². The Kier molecular flexibility index (Phi) is 13.3. The molecule has 0 spiro atoms. The minimum atomic E-state index is -0.193. The summed E-state index contributed by atoms with van der Waals surface area (Å²) in [6, 6.07) is 43.7. The summed E-state index contributed by atoms with van der Waals surface area (Å²) in [7, 11) is 0. The van der Waals surface area contributed by atoms with E-state index in [9.17, 15) is 19.2 Å². The Morgan fingerprint density at radius 1 is 0.407 bits per heavy atom. The first kappa shape index (κ1) is 39.3. The van der Waals surface area contributed by atoms with Gasteiger partial charge in [-0.1, -0.05) is 137 Å². The van der Waals surface area contributed by atoms with Gasteiger partial charge in [0.15, 0.2) is 0 Å². The molecule has 2 unspecified atom stereocenters. The third kappa shape index (κ3) is 8.50. The Balaban J connectivity index is 0.000000143. The van der Waals surface area contributed by atoms with Crippen molar-refractivity contribution in [2.24, 2.45) is 0 Å². The fourth-order valence-electron chi connectivity index (χ4n) is 6.67. The Bertz CT molecular complexity index is 2100. The zero-order valence-corrected chi connectivity index (χ0v) is 32.2. The minimum Gasteiger partial charge on any atom is -0.275 e. The fourth-order valence-corrected chi connectivity index (χ4v) is 6.67. The smallest absolute Gasteiger partial charge is 0.261 e. The first-order valence-electron chi connectivity index (χ1n) is 19.0. The Labute approximate surface area is 319 Å². The van der Waals surface area contributed by atoms with Crippen molar-refractivity contribution in [3.05, 3.63) is 167 Å². The SMILES string of the molecule is CCC(C)c1ccccc1.CCC(C)c1ccccc1.CCN1C(=O)c2cc3ccccc3cc2C1=O.CCN1C(=O)c2cccc3cccc(c23)C1=O. The predicted octanol–water partition coefficient (Wildman–Crippen LogP) is 11.3. The molecule has 0 radical (unpaired) electrons. The van der Waals surface area contributed by atoms with Gasteiger partial charge >= 0.3 is 0 Å². The van der Waals surface area contributed by atoms with Crippen LogP contribution in [0.25, 0.3) is 21.5 Å². The number of hydrogen-bond acceptors (Lipinski definition) is 4. The summed E-state index contributed by atoms with van der Waals surface area (Å²) in [5.74, 6) is 0.669. The second-order valence-corrected chi connectivity index (χ2v) is 13.6. The van der Waals surface area contributed by atoms with Crippen molar-refractivity contribution < 1.29 is 19.2 Å². The maximum Gasteiger partial charge on any atom is 0.261 e. The summed E-state index contributed by atoms with van der Waals surface area (Å²) in [6.07, 6.45) is 2.45. The Morgan fingerprint density at radius 2 is 0.741 bits per heavy atom. The van der Waals surface area contributed by atoms with Gasteiger partial charge in [-0.25, -0.2) is 0 Å². The van der Waals surface area contributed by atoms with E-state index in [0.717, 1.165) is 21.5 Å². The van der Waals surface area contributed by atoms with Crippen LogP contribution in [0.1, 0.15) is 119 Å². The van der Waals surface area contributed by atoms with Crippen molar-refractivity contribution in [2.45, 2.75) is 66.2 Å². The van der Waals surface area contributed by atoms with Crippen LogP contribution in [0.15, 0.2) is 133 Å². The molecule has 0 aromatic heterocycles. The molecule has 2 aliphatic rings. The molecule has 54 heavy (non-hydrogen) atoms. The molecule has 0 fully saturated rings. The third-order valence-corrected chi connectivity index (χ3v) is 10.3. The molecule has 6 aromatic rings. The normalized spacial score (nSPS) is 14.0. The lowest BCUT2D eigenvalue weighted by Crippen LogP contribution is -2.39. The molecule has 0 bridgehead atoms. The highest BCUT2D eigenvalue weighted by atomic mass is 16.2. The van der Waals surface area contributed by atoms with Crippen LogP contribution in [0, 0.1) is 0 Å². The highest BCUT2D eigenvalue weighted by Gasteiger charge is 2.34. The van der Waals surface area contributed by atoms with Gasteiger partial charge in [-0.15, -0.1) is 0 Å². The van der Waals surface area contributed by atoms with Crippen LogP contribution in [0.4, 0.5) is 0 Å². The largest absolute Gasteiger partial charge is 0.275 e. The van der Waals surface area contributed by atoms with Crippen molar-refractivity contribution in [3.8, 4) is 0 Å². The molecule has 4 amide bonds. The van der Waals surface area contributed by atoms with Gasteiger partial charge in [-0.2, -0.15) is 0 Å². The number of imide groups is 2. The van der Waals surface area contributed by atoms with Crippen LogP contribution in [-0.4, -0.2) is 46.5 Å². The predicted molar refractivity (Wildman–Crippen MR) is 220 cm³/mol. The highest BCUT2D eigenvalue weighted by Crippen LogP contribution is 2.30. The van der Waals surface area contributed by atoms with E-state index in [1.165, 1.54) is 33.8 Å². The van der Waals surface area contributed by atoms with E-state index in [1.807, 2.05) is 55.5 Å².